The highest BCUT2D eigenvalue weighted by molar-refractivity contribution is 7.98. The number of benzene rings is 1. The van der Waals surface area contributed by atoms with E-state index in [9.17, 15) is 19.5 Å². The Balaban J connectivity index is 2.12. The second kappa shape index (κ2) is 10.1. The van der Waals surface area contributed by atoms with E-state index in [0.717, 1.165) is 16.5 Å². The number of nitrogens with two attached hydrogens (primary N) is 1. The second-order valence-electron chi connectivity index (χ2n) is 6.59. The van der Waals surface area contributed by atoms with Crippen LogP contribution >= 0.6 is 11.8 Å². The molecule has 0 fully saturated rings. The van der Waals surface area contributed by atoms with Crippen molar-refractivity contribution in [2.45, 2.75) is 37.9 Å². The van der Waals surface area contributed by atoms with Crippen LogP contribution in [0.25, 0.3) is 10.9 Å². The lowest BCUT2D eigenvalue weighted by atomic mass is 10.0. The number of para-hydroxylation sites is 1. The summed E-state index contributed by atoms with van der Waals surface area (Å²) in [5.41, 5.74) is 7.25. The standard InChI is InChI=1S/C19H26N4O4S/c1-11(20)17(24)22-15(7-8-28-2)18(25)23-16(19(26)27)9-12-10-21-14-6-4-3-5-13(12)14/h3-6,10-11,15-16,21H,7-9,20H2,1-2H3,(H,22,24)(H,23,25)(H,26,27)/t11-,15-,16-/m0/s1. The minimum absolute atomic E-state index is 0.127. The number of amides is 2. The third kappa shape index (κ3) is 5.74. The lowest BCUT2D eigenvalue weighted by molar-refractivity contribution is -0.142. The van der Waals surface area contributed by atoms with Crippen LogP contribution in [0.1, 0.15) is 18.9 Å². The Morgan fingerprint density at radius 2 is 1.86 bits per heavy atom. The van der Waals surface area contributed by atoms with Crippen LogP contribution in [0.5, 0.6) is 0 Å². The maximum atomic E-state index is 12.7. The van der Waals surface area contributed by atoms with Gasteiger partial charge in [0.25, 0.3) is 0 Å². The molecule has 9 heteroatoms. The van der Waals surface area contributed by atoms with Gasteiger partial charge in [0.1, 0.15) is 12.1 Å². The maximum Gasteiger partial charge on any atom is 0.326 e. The Morgan fingerprint density at radius 3 is 2.50 bits per heavy atom. The number of carbonyl (C=O) groups is 3. The van der Waals surface area contributed by atoms with Crippen LogP contribution in [0.15, 0.2) is 30.5 Å². The largest absolute Gasteiger partial charge is 0.480 e. The lowest BCUT2D eigenvalue weighted by Crippen LogP contribution is -2.54. The van der Waals surface area contributed by atoms with Crippen molar-refractivity contribution in [3.63, 3.8) is 0 Å². The Labute approximate surface area is 167 Å². The van der Waals surface area contributed by atoms with Gasteiger partial charge in [0.05, 0.1) is 6.04 Å². The predicted molar refractivity (Wildman–Crippen MR) is 110 cm³/mol. The summed E-state index contributed by atoms with van der Waals surface area (Å²) < 4.78 is 0. The number of carbonyl (C=O) groups excluding carboxylic acids is 2. The van der Waals surface area contributed by atoms with Gasteiger partial charge < -0.3 is 26.5 Å². The molecular formula is C19H26N4O4S. The summed E-state index contributed by atoms with van der Waals surface area (Å²) in [6.07, 6.45) is 4.14. The van der Waals surface area contributed by atoms with E-state index in [4.69, 9.17) is 5.73 Å². The number of carboxylic acids is 1. The van der Waals surface area contributed by atoms with Crippen molar-refractivity contribution in [3.8, 4) is 0 Å². The SMILES string of the molecule is CSCC[C@H](NC(=O)[C@H](C)N)C(=O)N[C@@H](Cc1c[nH]c2ccccc12)C(=O)O. The van der Waals surface area contributed by atoms with Gasteiger partial charge in [0.15, 0.2) is 0 Å². The fourth-order valence-electron chi connectivity index (χ4n) is 2.80. The Kier molecular flexibility index (Phi) is 7.89. The zero-order valence-electron chi connectivity index (χ0n) is 15.9. The number of thioether (sulfide) groups is 1. The third-order valence-electron chi connectivity index (χ3n) is 4.37. The number of H-pyrrole nitrogens is 1. The molecule has 0 aliphatic rings. The summed E-state index contributed by atoms with van der Waals surface area (Å²) in [5.74, 6) is -1.49. The summed E-state index contributed by atoms with van der Waals surface area (Å²) in [4.78, 5) is 39.4. The minimum atomic E-state index is -1.14. The molecule has 1 heterocycles. The molecule has 0 spiro atoms. The Morgan fingerprint density at radius 1 is 1.18 bits per heavy atom. The number of rotatable bonds is 10. The molecule has 2 amide bonds. The summed E-state index contributed by atoms with van der Waals surface area (Å²) in [5, 5.41) is 15.6. The van der Waals surface area contributed by atoms with Gasteiger partial charge in [-0.2, -0.15) is 11.8 Å². The zero-order chi connectivity index (χ0) is 20.7. The first kappa shape index (κ1) is 21.8. The summed E-state index contributed by atoms with van der Waals surface area (Å²) in [6, 6.07) is 4.84. The molecule has 0 saturated carbocycles. The van der Waals surface area contributed by atoms with Gasteiger partial charge in [-0.05, 0) is 37.0 Å². The van der Waals surface area contributed by atoms with E-state index < -0.39 is 35.9 Å². The number of aromatic nitrogens is 1. The smallest absolute Gasteiger partial charge is 0.326 e. The number of nitrogens with one attached hydrogen (secondary N) is 3. The van der Waals surface area contributed by atoms with Gasteiger partial charge in [-0.1, -0.05) is 18.2 Å². The second-order valence-corrected chi connectivity index (χ2v) is 7.58. The summed E-state index contributed by atoms with van der Waals surface area (Å²) in [7, 11) is 0. The first-order valence-corrected chi connectivity index (χ1v) is 10.4. The van der Waals surface area contributed by atoms with Gasteiger partial charge in [-0.25, -0.2) is 4.79 Å². The highest BCUT2D eigenvalue weighted by atomic mass is 32.2. The van der Waals surface area contributed by atoms with Crippen molar-refractivity contribution in [3.05, 3.63) is 36.0 Å². The van der Waals surface area contributed by atoms with Crippen molar-refractivity contribution < 1.29 is 19.5 Å². The molecule has 8 nitrogen and oxygen atoms in total. The van der Waals surface area contributed by atoms with E-state index >= 15 is 0 Å². The number of hydrogen-bond donors (Lipinski definition) is 5. The van der Waals surface area contributed by atoms with E-state index in [1.807, 2.05) is 30.5 Å². The van der Waals surface area contributed by atoms with Crippen LogP contribution in [0.3, 0.4) is 0 Å². The molecule has 6 N–H and O–H groups in total. The molecule has 2 rings (SSSR count). The molecule has 0 unspecified atom stereocenters. The molecule has 0 aliphatic heterocycles. The van der Waals surface area contributed by atoms with Gasteiger partial charge in [0, 0.05) is 23.5 Å². The molecule has 28 heavy (non-hydrogen) atoms. The van der Waals surface area contributed by atoms with Crippen molar-refractivity contribution in [1.29, 1.82) is 0 Å². The number of carboxylic acid groups (broad SMARTS) is 1. The van der Waals surface area contributed by atoms with Crippen molar-refractivity contribution in [2.24, 2.45) is 5.73 Å². The molecule has 3 atom stereocenters. The molecule has 0 radical (unpaired) electrons. The lowest BCUT2D eigenvalue weighted by Gasteiger charge is -2.22. The van der Waals surface area contributed by atoms with Crippen LogP contribution in [-0.4, -0.2) is 58.0 Å². The number of aromatic amines is 1. The quantitative estimate of drug-likeness (QED) is 0.397. The van der Waals surface area contributed by atoms with E-state index in [-0.39, 0.29) is 6.42 Å². The summed E-state index contributed by atoms with van der Waals surface area (Å²) in [6.45, 7) is 1.52. The van der Waals surface area contributed by atoms with Crippen LogP contribution in [-0.2, 0) is 20.8 Å². The average molecular weight is 407 g/mol. The molecular weight excluding hydrogens is 380 g/mol. The molecule has 0 aliphatic carbocycles. The Bertz CT molecular complexity index is 836. The number of aliphatic carboxylic acids is 1. The zero-order valence-corrected chi connectivity index (χ0v) is 16.7. The van der Waals surface area contributed by atoms with Gasteiger partial charge >= 0.3 is 5.97 Å². The highest BCUT2D eigenvalue weighted by Crippen LogP contribution is 2.19. The fourth-order valence-corrected chi connectivity index (χ4v) is 3.27. The molecule has 1 aromatic heterocycles. The Hall–Kier alpha value is -2.52. The molecule has 152 valence electrons. The van der Waals surface area contributed by atoms with E-state index in [2.05, 4.69) is 15.6 Å². The minimum Gasteiger partial charge on any atom is -0.480 e. The first-order chi connectivity index (χ1) is 13.3. The van der Waals surface area contributed by atoms with Crippen molar-refractivity contribution >= 4 is 40.4 Å². The van der Waals surface area contributed by atoms with Gasteiger partial charge in [-0.3, -0.25) is 9.59 Å². The van der Waals surface area contributed by atoms with Crippen LogP contribution in [0.2, 0.25) is 0 Å². The van der Waals surface area contributed by atoms with Gasteiger partial charge in [-0.15, -0.1) is 0 Å². The average Bonchev–Trinajstić information content (AvgIpc) is 3.07. The van der Waals surface area contributed by atoms with E-state index in [0.29, 0.717) is 12.2 Å². The highest BCUT2D eigenvalue weighted by Gasteiger charge is 2.27. The van der Waals surface area contributed by atoms with Crippen molar-refractivity contribution in [2.75, 3.05) is 12.0 Å². The van der Waals surface area contributed by atoms with Crippen molar-refractivity contribution in [1.82, 2.24) is 15.6 Å². The number of fused-ring (bicyclic) bond motifs is 1. The van der Waals surface area contributed by atoms with E-state index in [1.54, 1.807) is 6.20 Å². The van der Waals surface area contributed by atoms with Crippen LogP contribution < -0.4 is 16.4 Å². The predicted octanol–water partition coefficient (Wildman–Crippen LogP) is 0.865. The van der Waals surface area contributed by atoms with E-state index in [1.165, 1.54) is 18.7 Å². The molecule has 0 bridgehead atoms. The molecule has 0 saturated heterocycles. The van der Waals surface area contributed by atoms with Gasteiger partial charge in [0.2, 0.25) is 11.8 Å². The first-order valence-electron chi connectivity index (χ1n) is 8.96. The number of hydrogen-bond acceptors (Lipinski definition) is 5. The topological polar surface area (TPSA) is 137 Å². The normalized spacial score (nSPS) is 14.2. The molecule has 1 aromatic carbocycles. The fraction of sp³-hybridized carbons (Fsp3) is 0.421. The third-order valence-corrected chi connectivity index (χ3v) is 5.01. The summed E-state index contributed by atoms with van der Waals surface area (Å²) >= 11 is 1.53. The van der Waals surface area contributed by atoms with Crippen LogP contribution in [0, 0.1) is 0 Å². The molecule has 2 aromatic rings. The van der Waals surface area contributed by atoms with Crippen LogP contribution in [0.4, 0.5) is 0 Å². The monoisotopic (exact) mass is 406 g/mol. The maximum absolute atomic E-state index is 12.7.